The molecule has 0 aliphatic rings. The maximum Gasteiger partial charge on any atom is 0.433 e. The van der Waals surface area contributed by atoms with Gasteiger partial charge >= 0.3 is 6.18 Å². The second-order valence-electron chi connectivity index (χ2n) is 7.87. The molecule has 11 heteroatoms. The van der Waals surface area contributed by atoms with E-state index in [0.29, 0.717) is 30.1 Å². The van der Waals surface area contributed by atoms with E-state index in [0.717, 1.165) is 6.07 Å². The van der Waals surface area contributed by atoms with Crippen molar-refractivity contribution in [3.63, 3.8) is 0 Å². The molecular formula is C25H24F4N4O3. The van der Waals surface area contributed by atoms with Crippen LogP contribution in [0.25, 0.3) is 28.4 Å². The molecule has 190 valence electrons. The highest BCUT2D eigenvalue weighted by Gasteiger charge is 2.35. The maximum absolute atomic E-state index is 13.8. The normalized spacial score (nSPS) is 11.7. The number of likely N-dealkylation sites (N-methyl/N-ethyl adjacent to an activating group) is 1. The lowest BCUT2D eigenvalue weighted by molar-refractivity contribution is -0.141. The molecule has 0 unspecified atom stereocenters. The molecule has 4 rings (SSSR count). The summed E-state index contributed by atoms with van der Waals surface area (Å²) in [4.78, 5) is 18.5. The van der Waals surface area contributed by atoms with E-state index in [-0.39, 0.29) is 41.6 Å². The van der Waals surface area contributed by atoms with Crippen molar-refractivity contribution in [1.29, 1.82) is 0 Å². The van der Waals surface area contributed by atoms with Gasteiger partial charge in [-0.2, -0.15) is 18.3 Å². The van der Waals surface area contributed by atoms with E-state index < -0.39 is 18.5 Å². The summed E-state index contributed by atoms with van der Waals surface area (Å²) in [7, 11) is 0. The number of halogens is 4. The van der Waals surface area contributed by atoms with Crippen LogP contribution in [0.1, 0.15) is 25.1 Å². The van der Waals surface area contributed by atoms with Crippen molar-refractivity contribution in [2.24, 2.45) is 0 Å². The zero-order valence-corrected chi connectivity index (χ0v) is 19.7. The van der Waals surface area contributed by atoms with Crippen LogP contribution in [0.5, 0.6) is 5.75 Å². The Balaban J connectivity index is 1.94. The van der Waals surface area contributed by atoms with Gasteiger partial charge in [-0.3, -0.25) is 4.79 Å². The van der Waals surface area contributed by atoms with Crippen molar-refractivity contribution in [3.8, 4) is 28.5 Å². The van der Waals surface area contributed by atoms with Gasteiger partial charge in [-0.05, 0) is 56.3 Å². The minimum atomic E-state index is -4.73. The zero-order valence-electron chi connectivity index (χ0n) is 19.7. The monoisotopic (exact) mass is 504 g/mol. The number of alkyl halides is 4. The molecule has 0 fully saturated rings. The summed E-state index contributed by atoms with van der Waals surface area (Å²) in [5.41, 5.74) is -0.0864. The summed E-state index contributed by atoms with van der Waals surface area (Å²) in [5, 5.41) is 4.57. The summed E-state index contributed by atoms with van der Waals surface area (Å²) in [6.07, 6.45) is -3.59. The number of benzene rings is 1. The largest absolute Gasteiger partial charge is 0.491 e. The lowest BCUT2D eigenvalue weighted by atomic mass is 10.0. The van der Waals surface area contributed by atoms with Gasteiger partial charge in [-0.25, -0.2) is 13.9 Å². The summed E-state index contributed by atoms with van der Waals surface area (Å²) >= 11 is 0. The van der Waals surface area contributed by atoms with E-state index in [4.69, 9.17) is 9.15 Å². The van der Waals surface area contributed by atoms with Crippen LogP contribution in [-0.2, 0) is 17.4 Å². The summed E-state index contributed by atoms with van der Waals surface area (Å²) < 4.78 is 65.8. The van der Waals surface area contributed by atoms with E-state index in [1.54, 1.807) is 35.2 Å². The highest BCUT2D eigenvalue weighted by Crippen LogP contribution is 2.35. The van der Waals surface area contributed by atoms with E-state index in [1.165, 1.54) is 16.8 Å². The lowest BCUT2D eigenvalue weighted by Gasteiger charge is -2.18. The fourth-order valence-corrected chi connectivity index (χ4v) is 3.91. The first-order valence-corrected chi connectivity index (χ1v) is 11.4. The van der Waals surface area contributed by atoms with Gasteiger partial charge in [0.15, 0.2) is 11.4 Å². The number of furan rings is 1. The second kappa shape index (κ2) is 10.4. The molecule has 0 radical (unpaired) electrons. The quantitative estimate of drug-likeness (QED) is 0.284. The van der Waals surface area contributed by atoms with Crippen molar-refractivity contribution >= 4 is 11.6 Å². The number of amides is 1. The highest BCUT2D eigenvalue weighted by molar-refractivity contribution is 5.85. The van der Waals surface area contributed by atoms with Crippen LogP contribution in [-0.4, -0.2) is 51.8 Å². The number of aromatic nitrogens is 3. The minimum Gasteiger partial charge on any atom is -0.491 e. The molecular weight excluding hydrogens is 480 g/mol. The number of nitrogens with zero attached hydrogens (tertiary/aromatic N) is 4. The predicted octanol–water partition coefficient (Wildman–Crippen LogP) is 5.43. The van der Waals surface area contributed by atoms with Crippen molar-refractivity contribution in [3.05, 3.63) is 60.0 Å². The molecule has 7 nitrogen and oxygen atoms in total. The van der Waals surface area contributed by atoms with E-state index in [9.17, 15) is 22.4 Å². The topological polar surface area (TPSA) is 72.9 Å². The molecule has 3 heterocycles. The van der Waals surface area contributed by atoms with Crippen molar-refractivity contribution in [1.82, 2.24) is 19.5 Å². The Labute approximate surface area is 204 Å². The molecule has 0 saturated heterocycles. The van der Waals surface area contributed by atoms with Crippen LogP contribution >= 0.6 is 0 Å². The van der Waals surface area contributed by atoms with Gasteiger partial charge in [0.1, 0.15) is 30.4 Å². The van der Waals surface area contributed by atoms with Crippen molar-refractivity contribution in [2.75, 3.05) is 26.4 Å². The van der Waals surface area contributed by atoms with Crippen molar-refractivity contribution < 1.29 is 31.5 Å². The first-order valence-electron chi connectivity index (χ1n) is 11.4. The molecule has 0 spiro atoms. The molecule has 1 amide bonds. The van der Waals surface area contributed by atoms with Gasteiger partial charge in [-0.15, -0.1) is 0 Å². The van der Waals surface area contributed by atoms with Crippen LogP contribution in [0.4, 0.5) is 17.6 Å². The Bertz CT molecular complexity index is 1330. The summed E-state index contributed by atoms with van der Waals surface area (Å²) in [6.45, 7) is 3.79. The number of carbonyl (C=O) groups excluding carboxylic acids is 1. The van der Waals surface area contributed by atoms with Gasteiger partial charge in [0.05, 0.1) is 18.4 Å². The average molecular weight is 504 g/mol. The SMILES string of the molecule is CCN(CC)C(=O)Cc1c(-c2ccc(OCCF)cc2)nn2c(-c3ccco3)cc(C(F)(F)F)nc12. The number of rotatable bonds is 9. The predicted molar refractivity (Wildman–Crippen MR) is 124 cm³/mol. The molecule has 0 aliphatic heterocycles. The third kappa shape index (κ3) is 5.05. The molecule has 0 N–H and O–H groups in total. The number of ether oxygens (including phenoxy) is 1. The maximum atomic E-state index is 13.8. The van der Waals surface area contributed by atoms with Crippen LogP contribution in [0.15, 0.2) is 53.1 Å². The first-order chi connectivity index (χ1) is 17.3. The molecule has 4 aromatic rings. The Kier molecular flexibility index (Phi) is 7.27. The second-order valence-corrected chi connectivity index (χ2v) is 7.87. The highest BCUT2D eigenvalue weighted by atomic mass is 19.4. The Morgan fingerprint density at radius 2 is 1.86 bits per heavy atom. The van der Waals surface area contributed by atoms with Crippen LogP contribution in [0.2, 0.25) is 0 Å². The number of hydrogen-bond acceptors (Lipinski definition) is 5. The van der Waals surface area contributed by atoms with Gasteiger partial charge < -0.3 is 14.1 Å². The van der Waals surface area contributed by atoms with Gasteiger partial charge in [0.2, 0.25) is 5.91 Å². The molecule has 1 aromatic carbocycles. The fraction of sp³-hybridized carbons (Fsp3) is 0.320. The smallest absolute Gasteiger partial charge is 0.433 e. The number of hydrogen-bond donors (Lipinski definition) is 0. The van der Waals surface area contributed by atoms with E-state index in [2.05, 4.69) is 10.1 Å². The van der Waals surface area contributed by atoms with Crippen LogP contribution in [0.3, 0.4) is 0 Å². The third-order valence-corrected chi connectivity index (χ3v) is 5.67. The minimum absolute atomic E-state index is 0.0445. The van der Waals surface area contributed by atoms with Crippen LogP contribution < -0.4 is 4.74 Å². The Hall–Kier alpha value is -3.89. The average Bonchev–Trinajstić information content (AvgIpc) is 3.51. The zero-order chi connectivity index (χ0) is 25.9. The molecule has 36 heavy (non-hydrogen) atoms. The molecule has 0 aliphatic carbocycles. The Morgan fingerprint density at radius 1 is 1.14 bits per heavy atom. The third-order valence-electron chi connectivity index (χ3n) is 5.67. The molecule has 0 bridgehead atoms. The van der Waals surface area contributed by atoms with Gasteiger partial charge in [0, 0.05) is 24.2 Å². The summed E-state index contributed by atoms with van der Waals surface area (Å²) in [6, 6.07) is 10.5. The van der Waals surface area contributed by atoms with Crippen molar-refractivity contribution in [2.45, 2.75) is 26.4 Å². The fourth-order valence-electron chi connectivity index (χ4n) is 3.91. The Morgan fingerprint density at radius 3 is 2.44 bits per heavy atom. The molecule has 0 atom stereocenters. The van der Waals surface area contributed by atoms with Gasteiger partial charge in [0.25, 0.3) is 0 Å². The summed E-state index contributed by atoms with van der Waals surface area (Å²) in [5.74, 6) is 0.325. The first kappa shape index (κ1) is 25.2. The standard InChI is InChI=1S/C25H24F4N4O3/c1-3-32(4-2)22(34)14-18-23(16-7-9-17(10-8-16)35-13-11-26)31-33-19(20-6-5-12-36-20)15-21(25(27,28)29)30-24(18)33/h5-10,12,15H,3-4,11,13-14H2,1-2H3. The number of fused-ring (bicyclic) bond motifs is 1. The lowest BCUT2D eigenvalue weighted by Crippen LogP contribution is -2.31. The molecule has 3 aromatic heterocycles. The van der Waals surface area contributed by atoms with Crippen LogP contribution in [0, 0.1) is 0 Å². The number of carbonyl (C=O) groups is 1. The molecule has 0 saturated carbocycles. The van der Waals surface area contributed by atoms with E-state index in [1.807, 2.05) is 13.8 Å². The van der Waals surface area contributed by atoms with Gasteiger partial charge in [-0.1, -0.05) is 0 Å². The van der Waals surface area contributed by atoms with E-state index >= 15 is 0 Å².